The van der Waals surface area contributed by atoms with Gasteiger partial charge in [0.1, 0.15) is 0 Å². The molecule has 1 unspecified atom stereocenters. The molecule has 1 heterocycles. The van der Waals surface area contributed by atoms with Crippen molar-refractivity contribution in [2.75, 3.05) is 59.5 Å². The van der Waals surface area contributed by atoms with Crippen LogP contribution in [-0.2, 0) is 4.74 Å². The van der Waals surface area contributed by atoms with E-state index < -0.39 is 0 Å². The van der Waals surface area contributed by atoms with Crippen LogP contribution in [0.25, 0.3) is 0 Å². The predicted octanol–water partition coefficient (Wildman–Crippen LogP) is 2.27. The molecule has 23 heavy (non-hydrogen) atoms. The molecule has 1 aliphatic carbocycles. The van der Waals surface area contributed by atoms with Crippen molar-refractivity contribution in [3.8, 4) is 0 Å². The Balaban J connectivity index is 0.00000264. The highest BCUT2D eigenvalue weighted by Gasteiger charge is 2.22. The highest BCUT2D eigenvalue weighted by Crippen LogP contribution is 2.28. The first kappa shape index (κ1) is 21.0. The van der Waals surface area contributed by atoms with Crippen molar-refractivity contribution >= 4 is 29.9 Å². The molecule has 0 aromatic carbocycles. The van der Waals surface area contributed by atoms with E-state index in [9.17, 15) is 0 Å². The first-order chi connectivity index (χ1) is 10.7. The normalized spacial score (nSPS) is 22.0. The van der Waals surface area contributed by atoms with Gasteiger partial charge in [0.05, 0.1) is 6.61 Å². The van der Waals surface area contributed by atoms with Crippen molar-refractivity contribution in [2.24, 2.45) is 16.8 Å². The van der Waals surface area contributed by atoms with Crippen molar-refractivity contribution in [3.05, 3.63) is 0 Å². The van der Waals surface area contributed by atoms with E-state index in [0.717, 1.165) is 44.7 Å². The molecule has 2 fully saturated rings. The highest BCUT2D eigenvalue weighted by atomic mass is 127. The van der Waals surface area contributed by atoms with Gasteiger partial charge in [-0.2, -0.15) is 0 Å². The summed E-state index contributed by atoms with van der Waals surface area (Å²) in [5, 5.41) is 3.40. The van der Waals surface area contributed by atoms with Crippen LogP contribution < -0.4 is 5.32 Å². The van der Waals surface area contributed by atoms with E-state index >= 15 is 0 Å². The maximum Gasteiger partial charge on any atom is 0.193 e. The maximum absolute atomic E-state index is 5.73. The van der Waals surface area contributed by atoms with Crippen LogP contribution in [0.1, 0.15) is 33.1 Å². The quantitative estimate of drug-likeness (QED) is 0.260. The lowest BCUT2D eigenvalue weighted by Crippen LogP contribution is -2.41. The van der Waals surface area contributed by atoms with Crippen molar-refractivity contribution in [3.63, 3.8) is 0 Å². The monoisotopic (exact) mass is 438 g/mol. The molecule has 1 atom stereocenters. The third kappa shape index (κ3) is 8.03. The molecule has 0 amide bonds. The molecular formula is C17H35IN4O. The standard InChI is InChI=1S/C17H34N4O.HI/c1-4-18-17(19-12-16-8-9-21(5-2)13-16)20(3)10-11-22-14-15-6-7-15;/h15-16H,4-14H2,1-3H3,(H,18,19);1H. The van der Waals surface area contributed by atoms with Gasteiger partial charge >= 0.3 is 0 Å². The average molecular weight is 438 g/mol. The summed E-state index contributed by atoms with van der Waals surface area (Å²) in [6.07, 6.45) is 4.00. The lowest BCUT2D eigenvalue weighted by atomic mass is 10.1. The van der Waals surface area contributed by atoms with Crippen molar-refractivity contribution in [2.45, 2.75) is 33.1 Å². The van der Waals surface area contributed by atoms with Gasteiger partial charge < -0.3 is 19.9 Å². The smallest absolute Gasteiger partial charge is 0.193 e. The molecule has 6 heteroatoms. The summed E-state index contributed by atoms with van der Waals surface area (Å²) in [6, 6.07) is 0. The first-order valence-corrected chi connectivity index (χ1v) is 9.02. The third-order valence-corrected chi connectivity index (χ3v) is 4.63. The average Bonchev–Trinajstić information content (AvgIpc) is 3.24. The Labute approximate surface area is 159 Å². The van der Waals surface area contributed by atoms with Gasteiger partial charge in [0.25, 0.3) is 0 Å². The SMILES string of the molecule is CCNC(=NCC1CCN(CC)C1)N(C)CCOCC1CC1.I. The fraction of sp³-hybridized carbons (Fsp3) is 0.941. The second-order valence-corrected chi connectivity index (χ2v) is 6.68. The van der Waals surface area contributed by atoms with Crippen molar-refractivity contribution < 1.29 is 4.74 Å². The number of rotatable bonds is 9. The molecule has 2 rings (SSSR count). The molecule has 1 N–H and O–H groups in total. The molecule has 1 aliphatic heterocycles. The lowest BCUT2D eigenvalue weighted by molar-refractivity contribution is 0.115. The van der Waals surface area contributed by atoms with Crippen LogP contribution >= 0.6 is 24.0 Å². The number of aliphatic imine (C=N–C) groups is 1. The molecule has 2 aliphatic rings. The van der Waals surface area contributed by atoms with Crippen LogP contribution in [0.4, 0.5) is 0 Å². The van der Waals surface area contributed by atoms with Crippen LogP contribution in [0.2, 0.25) is 0 Å². The zero-order chi connectivity index (χ0) is 15.8. The van der Waals surface area contributed by atoms with Gasteiger partial charge in [-0.25, -0.2) is 0 Å². The van der Waals surface area contributed by atoms with E-state index in [4.69, 9.17) is 9.73 Å². The first-order valence-electron chi connectivity index (χ1n) is 9.02. The summed E-state index contributed by atoms with van der Waals surface area (Å²) < 4.78 is 5.73. The predicted molar refractivity (Wildman–Crippen MR) is 108 cm³/mol. The highest BCUT2D eigenvalue weighted by molar-refractivity contribution is 14.0. The van der Waals surface area contributed by atoms with E-state index in [-0.39, 0.29) is 24.0 Å². The van der Waals surface area contributed by atoms with E-state index in [1.807, 2.05) is 0 Å². The van der Waals surface area contributed by atoms with Gasteiger partial charge in [-0.3, -0.25) is 4.99 Å². The summed E-state index contributed by atoms with van der Waals surface area (Å²) in [5.74, 6) is 2.58. The fourth-order valence-corrected chi connectivity index (χ4v) is 2.88. The van der Waals surface area contributed by atoms with E-state index in [0.29, 0.717) is 5.92 Å². The molecule has 1 saturated heterocycles. The van der Waals surface area contributed by atoms with Gasteiger partial charge in [0.2, 0.25) is 0 Å². The topological polar surface area (TPSA) is 40.1 Å². The number of likely N-dealkylation sites (tertiary alicyclic amines) is 1. The van der Waals surface area contributed by atoms with Crippen LogP contribution in [0, 0.1) is 11.8 Å². The van der Waals surface area contributed by atoms with Crippen LogP contribution in [-0.4, -0.2) is 75.3 Å². The Morgan fingerprint density at radius 1 is 1.26 bits per heavy atom. The molecular weight excluding hydrogens is 403 g/mol. The van der Waals surface area contributed by atoms with Gasteiger partial charge in [0.15, 0.2) is 5.96 Å². The molecule has 0 aromatic heterocycles. The number of likely N-dealkylation sites (N-methyl/N-ethyl adjacent to an activating group) is 1. The maximum atomic E-state index is 5.73. The fourth-order valence-electron chi connectivity index (χ4n) is 2.88. The number of hydrogen-bond acceptors (Lipinski definition) is 3. The molecule has 0 aromatic rings. The Bertz CT molecular complexity index is 349. The van der Waals surface area contributed by atoms with Gasteiger partial charge in [-0.1, -0.05) is 6.92 Å². The van der Waals surface area contributed by atoms with E-state index in [1.165, 1.54) is 38.9 Å². The second kappa shape index (κ2) is 11.5. The summed E-state index contributed by atoms with van der Waals surface area (Å²) in [7, 11) is 2.11. The molecule has 1 saturated carbocycles. The summed E-state index contributed by atoms with van der Waals surface area (Å²) in [6.45, 7) is 12.5. The Kier molecular flexibility index (Phi) is 10.5. The Hall–Kier alpha value is -0.0800. The van der Waals surface area contributed by atoms with Gasteiger partial charge in [0, 0.05) is 39.8 Å². The minimum atomic E-state index is 0. The third-order valence-electron chi connectivity index (χ3n) is 4.63. The Morgan fingerprint density at radius 2 is 2.04 bits per heavy atom. The van der Waals surface area contributed by atoms with Crippen LogP contribution in [0.5, 0.6) is 0 Å². The second-order valence-electron chi connectivity index (χ2n) is 6.68. The number of ether oxygens (including phenoxy) is 1. The van der Waals surface area contributed by atoms with E-state index in [1.54, 1.807) is 0 Å². The number of nitrogens with zero attached hydrogens (tertiary/aromatic N) is 3. The number of guanidine groups is 1. The largest absolute Gasteiger partial charge is 0.379 e. The lowest BCUT2D eigenvalue weighted by Gasteiger charge is -2.22. The van der Waals surface area contributed by atoms with Gasteiger partial charge in [-0.15, -0.1) is 24.0 Å². The van der Waals surface area contributed by atoms with Crippen LogP contribution in [0.3, 0.4) is 0 Å². The van der Waals surface area contributed by atoms with E-state index in [2.05, 4.69) is 36.0 Å². The van der Waals surface area contributed by atoms with Crippen molar-refractivity contribution in [1.82, 2.24) is 15.1 Å². The zero-order valence-electron chi connectivity index (χ0n) is 15.1. The minimum Gasteiger partial charge on any atom is -0.379 e. The summed E-state index contributed by atoms with van der Waals surface area (Å²) >= 11 is 0. The number of hydrogen-bond donors (Lipinski definition) is 1. The summed E-state index contributed by atoms with van der Waals surface area (Å²) in [4.78, 5) is 9.55. The molecule has 5 nitrogen and oxygen atoms in total. The van der Waals surface area contributed by atoms with Crippen molar-refractivity contribution in [1.29, 1.82) is 0 Å². The molecule has 0 spiro atoms. The summed E-state index contributed by atoms with van der Waals surface area (Å²) in [5.41, 5.74) is 0. The number of nitrogens with one attached hydrogen (secondary N) is 1. The molecule has 0 radical (unpaired) electrons. The zero-order valence-corrected chi connectivity index (χ0v) is 17.4. The van der Waals surface area contributed by atoms with Crippen LogP contribution in [0.15, 0.2) is 4.99 Å². The molecule has 0 bridgehead atoms. The molecule has 136 valence electrons. The Morgan fingerprint density at radius 3 is 2.65 bits per heavy atom. The van der Waals surface area contributed by atoms with Gasteiger partial charge in [-0.05, 0) is 51.1 Å². The minimum absolute atomic E-state index is 0. The number of halogens is 1.